The van der Waals surface area contributed by atoms with Gasteiger partial charge >= 0.3 is 0 Å². The van der Waals surface area contributed by atoms with Crippen LogP contribution in [0.3, 0.4) is 0 Å². The van der Waals surface area contributed by atoms with Gasteiger partial charge in [-0.2, -0.15) is 0 Å². The van der Waals surface area contributed by atoms with Crippen molar-refractivity contribution in [2.75, 3.05) is 37.6 Å². The second-order valence-corrected chi connectivity index (χ2v) is 9.44. The summed E-state index contributed by atoms with van der Waals surface area (Å²) in [7, 11) is 0. The van der Waals surface area contributed by atoms with E-state index in [0.717, 1.165) is 51.1 Å². The highest BCUT2D eigenvalue weighted by molar-refractivity contribution is 5.83. The second-order valence-electron chi connectivity index (χ2n) is 9.44. The average molecular weight is 428 g/mol. The number of rotatable bonds is 11. The lowest BCUT2D eigenvalue weighted by molar-refractivity contribution is 0.251. The van der Waals surface area contributed by atoms with Crippen molar-refractivity contribution in [1.29, 1.82) is 0 Å². The summed E-state index contributed by atoms with van der Waals surface area (Å²) >= 11 is 0. The third-order valence-corrected chi connectivity index (χ3v) is 6.98. The number of piperazine rings is 1. The lowest BCUT2D eigenvalue weighted by Gasteiger charge is -2.36. The Bertz CT molecular complexity index is 913. The van der Waals surface area contributed by atoms with Crippen LogP contribution in [0.1, 0.15) is 77.2 Å². The molecule has 4 rings (SSSR count). The van der Waals surface area contributed by atoms with Gasteiger partial charge in [0.15, 0.2) is 5.43 Å². The first-order valence-electron chi connectivity index (χ1n) is 12.5. The van der Waals surface area contributed by atoms with E-state index in [4.69, 9.17) is 0 Å². The molecule has 0 spiro atoms. The van der Waals surface area contributed by atoms with Crippen molar-refractivity contribution >= 4 is 16.6 Å². The number of halogens is 1. The highest BCUT2D eigenvalue weighted by Gasteiger charge is 2.26. The first-order valence-corrected chi connectivity index (χ1v) is 12.5. The average Bonchev–Trinajstić information content (AvgIpc) is 3.62. The molecule has 1 aliphatic carbocycles. The van der Waals surface area contributed by atoms with Gasteiger partial charge in [-0.1, -0.05) is 51.9 Å². The van der Waals surface area contributed by atoms with Gasteiger partial charge in [-0.05, 0) is 37.9 Å². The Morgan fingerprint density at radius 3 is 2.29 bits per heavy atom. The lowest BCUT2D eigenvalue weighted by atomic mass is 10.1. The maximum atomic E-state index is 14.9. The van der Waals surface area contributed by atoms with Gasteiger partial charge in [0.2, 0.25) is 0 Å². The summed E-state index contributed by atoms with van der Waals surface area (Å²) in [5.74, 6) is -0.269. The molecular formula is C26H38FN3O. The van der Waals surface area contributed by atoms with E-state index < -0.39 is 0 Å². The summed E-state index contributed by atoms with van der Waals surface area (Å²) in [5.41, 5.74) is 1.44. The van der Waals surface area contributed by atoms with Crippen LogP contribution in [0.15, 0.2) is 29.2 Å². The topological polar surface area (TPSA) is 28.5 Å². The van der Waals surface area contributed by atoms with E-state index in [1.54, 1.807) is 6.07 Å². The number of hydrogen-bond acceptors (Lipinski definition) is 3. The molecule has 5 heteroatoms. The van der Waals surface area contributed by atoms with Crippen molar-refractivity contribution in [2.45, 2.75) is 77.2 Å². The van der Waals surface area contributed by atoms with Crippen LogP contribution in [0.2, 0.25) is 0 Å². The summed E-state index contributed by atoms with van der Waals surface area (Å²) in [6, 6.07) is 5.41. The number of unbranched alkanes of at least 4 members (excludes halogenated alkanes) is 7. The van der Waals surface area contributed by atoms with Gasteiger partial charge in [0.05, 0.1) is 11.2 Å². The van der Waals surface area contributed by atoms with E-state index >= 15 is 0 Å². The van der Waals surface area contributed by atoms with Gasteiger partial charge in [-0.25, -0.2) is 4.39 Å². The van der Waals surface area contributed by atoms with Crippen LogP contribution in [0.4, 0.5) is 10.1 Å². The van der Waals surface area contributed by atoms with Gasteiger partial charge in [-0.15, -0.1) is 0 Å². The molecule has 0 atom stereocenters. The normalized spacial score (nSPS) is 17.5. The Balaban J connectivity index is 1.29. The third kappa shape index (κ3) is 5.68. The Morgan fingerprint density at radius 2 is 1.61 bits per heavy atom. The zero-order valence-corrected chi connectivity index (χ0v) is 19.1. The van der Waals surface area contributed by atoms with Crippen molar-refractivity contribution in [3.63, 3.8) is 0 Å². The van der Waals surface area contributed by atoms with E-state index in [2.05, 4.69) is 21.3 Å². The van der Waals surface area contributed by atoms with Crippen molar-refractivity contribution < 1.29 is 4.39 Å². The Hall–Kier alpha value is -1.88. The molecule has 0 N–H and O–H groups in total. The molecule has 1 aliphatic heterocycles. The molecular weight excluding hydrogens is 389 g/mol. The van der Waals surface area contributed by atoms with Crippen LogP contribution in [0.25, 0.3) is 10.9 Å². The minimum Gasteiger partial charge on any atom is -0.367 e. The molecule has 0 unspecified atom stereocenters. The molecule has 0 amide bonds. The summed E-state index contributed by atoms with van der Waals surface area (Å²) in [6.07, 6.45) is 15.0. The monoisotopic (exact) mass is 427 g/mol. The van der Waals surface area contributed by atoms with E-state index in [-0.39, 0.29) is 11.2 Å². The largest absolute Gasteiger partial charge is 0.367 e. The molecule has 0 bridgehead atoms. The van der Waals surface area contributed by atoms with Crippen LogP contribution in [-0.4, -0.2) is 42.2 Å². The minimum atomic E-state index is -0.269. The van der Waals surface area contributed by atoms with Crippen LogP contribution in [0.5, 0.6) is 0 Å². The first-order chi connectivity index (χ1) is 15.2. The quantitative estimate of drug-likeness (QED) is 0.428. The lowest BCUT2D eigenvalue weighted by Crippen LogP contribution is -2.47. The molecule has 2 heterocycles. The summed E-state index contributed by atoms with van der Waals surface area (Å²) in [4.78, 5) is 16.9. The molecule has 1 aromatic carbocycles. The van der Waals surface area contributed by atoms with E-state index in [9.17, 15) is 9.18 Å². The fourth-order valence-corrected chi connectivity index (χ4v) is 4.87. The Morgan fingerprint density at radius 1 is 0.935 bits per heavy atom. The smallest absolute Gasteiger partial charge is 0.189 e. The first kappa shape index (κ1) is 22.3. The predicted molar refractivity (Wildman–Crippen MR) is 128 cm³/mol. The van der Waals surface area contributed by atoms with Gasteiger partial charge in [-0.3, -0.25) is 9.69 Å². The van der Waals surface area contributed by atoms with Crippen molar-refractivity contribution in [1.82, 2.24) is 9.47 Å². The Labute approximate surface area is 186 Å². The number of aromatic nitrogens is 1. The zero-order valence-electron chi connectivity index (χ0n) is 19.1. The maximum absolute atomic E-state index is 14.9. The number of benzene rings is 1. The maximum Gasteiger partial charge on any atom is 0.189 e. The molecule has 2 fully saturated rings. The number of pyridine rings is 1. The highest BCUT2D eigenvalue weighted by Crippen LogP contribution is 2.37. The molecule has 0 radical (unpaired) electrons. The predicted octanol–water partition coefficient (Wildman–Crippen LogP) is 5.74. The van der Waals surface area contributed by atoms with Crippen LogP contribution in [-0.2, 0) is 0 Å². The summed E-state index contributed by atoms with van der Waals surface area (Å²) in [5, 5.41) is 0.504. The summed E-state index contributed by atoms with van der Waals surface area (Å²) < 4.78 is 17.1. The van der Waals surface area contributed by atoms with Crippen molar-refractivity contribution in [2.24, 2.45) is 0 Å². The molecule has 2 aliphatic rings. The molecule has 1 saturated heterocycles. The molecule has 4 nitrogen and oxygen atoms in total. The summed E-state index contributed by atoms with van der Waals surface area (Å²) in [6.45, 7) is 7.08. The molecule has 170 valence electrons. The number of fused-ring (bicyclic) bond motifs is 1. The fraction of sp³-hybridized carbons (Fsp3) is 0.654. The van der Waals surface area contributed by atoms with Crippen molar-refractivity contribution in [3.05, 3.63) is 40.4 Å². The molecule has 31 heavy (non-hydrogen) atoms. The van der Waals surface area contributed by atoms with Gasteiger partial charge < -0.3 is 9.47 Å². The zero-order chi connectivity index (χ0) is 21.6. The minimum absolute atomic E-state index is 0.0902. The van der Waals surface area contributed by atoms with Crippen LogP contribution >= 0.6 is 0 Å². The van der Waals surface area contributed by atoms with E-state index in [1.807, 2.05) is 12.3 Å². The van der Waals surface area contributed by atoms with Gasteiger partial charge in [0.25, 0.3) is 0 Å². The van der Waals surface area contributed by atoms with E-state index in [0.29, 0.717) is 17.1 Å². The highest BCUT2D eigenvalue weighted by atomic mass is 19.1. The van der Waals surface area contributed by atoms with Crippen molar-refractivity contribution in [3.8, 4) is 0 Å². The second kappa shape index (κ2) is 10.6. The Kier molecular flexibility index (Phi) is 7.65. The standard InChI is InChI=1S/C26H38FN3O/c1-2-3-4-5-6-7-8-9-13-28-15-17-29(18-16-28)25-20-24-22(19-23(25)27)26(31)12-14-30(24)21-10-11-21/h12,14,19-21H,2-11,13,15-18H2,1H3. The van der Waals surface area contributed by atoms with E-state index in [1.165, 1.54) is 57.4 Å². The van der Waals surface area contributed by atoms with Gasteiger partial charge in [0, 0.05) is 49.9 Å². The fourth-order valence-electron chi connectivity index (χ4n) is 4.87. The SMILES string of the molecule is CCCCCCCCCCN1CCN(c2cc3c(cc2F)c(=O)ccn3C2CC2)CC1. The molecule has 1 aromatic heterocycles. The molecule has 1 saturated carbocycles. The third-order valence-electron chi connectivity index (χ3n) is 6.98. The van der Waals surface area contributed by atoms with Crippen LogP contribution < -0.4 is 10.3 Å². The number of nitrogens with zero attached hydrogens (tertiary/aromatic N) is 3. The van der Waals surface area contributed by atoms with Crippen LogP contribution in [0, 0.1) is 5.82 Å². The molecule has 2 aromatic rings. The number of hydrogen-bond donors (Lipinski definition) is 0. The number of anilines is 1. The van der Waals surface area contributed by atoms with Gasteiger partial charge in [0.1, 0.15) is 5.82 Å².